The first kappa shape index (κ1) is 26.6. The predicted octanol–water partition coefficient (Wildman–Crippen LogP) is 1.65. The van der Waals surface area contributed by atoms with Crippen LogP contribution in [0.2, 0.25) is 0 Å². The van der Waals surface area contributed by atoms with Crippen molar-refractivity contribution >= 4 is 35.8 Å². The van der Waals surface area contributed by atoms with Crippen LogP contribution in [0.15, 0.2) is 29.4 Å². The number of likely N-dealkylation sites (tertiary alicyclic amines) is 1. The summed E-state index contributed by atoms with van der Waals surface area (Å²) in [6.45, 7) is 7.38. The molecule has 1 aliphatic rings. The van der Waals surface area contributed by atoms with Gasteiger partial charge in [-0.25, -0.2) is 4.99 Å². The van der Waals surface area contributed by atoms with Gasteiger partial charge in [0.1, 0.15) is 6.54 Å². The Morgan fingerprint density at radius 1 is 1.40 bits per heavy atom. The summed E-state index contributed by atoms with van der Waals surface area (Å²) < 4.78 is 10.7. The summed E-state index contributed by atoms with van der Waals surface area (Å²) in [6.07, 6.45) is 3.58. The number of halogens is 1. The number of likely N-dealkylation sites (N-methyl/N-ethyl adjacent to an activating group) is 1. The van der Waals surface area contributed by atoms with E-state index in [0.29, 0.717) is 25.7 Å². The summed E-state index contributed by atoms with van der Waals surface area (Å²) in [4.78, 5) is 25.3. The molecule has 0 spiro atoms. The van der Waals surface area contributed by atoms with Crippen LogP contribution in [0.4, 0.5) is 0 Å². The van der Waals surface area contributed by atoms with Gasteiger partial charge in [0.15, 0.2) is 5.96 Å². The number of amides is 1. The van der Waals surface area contributed by atoms with Gasteiger partial charge in [0.2, 0.25) is 5.91 Å². The number of aromatic nitrogens is 1. The van der Waals surface area contributed by atoms with Gasteiger partial charge in [-0.1, -0.05) is 6.07 Å². The molecule has 1 aromatic rings. The fourth-order valence-electron chi connectivity index (χ4n) is 3.20. The summed E-state index contributed by atoms with van der Waals surface area (Å²) >= 11 is 0. The van der Waals surface area contributed by atoms with Gasteiger partial charge in [-0.05, 0) is 25.5 Å². The highest BCUT2D eigenvalue weighted by Gasteiger charge is 2.25. The lowest BCUT2D eigenvalue weighted by Gasteiger charge is -2.22. The zero-order valence-corrected chi connectivity index (χ0v) is 20.7. The fraction of sp³-hybridized carbons (Fsp3) is 0.667. The maximum atomic E-state index is 12.5. The highest BCUT2D eigenvalue weighted by atomic mass is 127. The Hall–Kier alpha value is -1.46. The van der Waals surface area contributed by atoms with Crippen molar-refractivity contribution in [2.45, 2.75) is 19.8 Å². The van der Waals surface area contributed by atoms with Crippen molar-refractivity contribution in [2.75, 3.05) is 66.7 Å². The van der Waals surface area contributed by atoms with E-state index < -0.39 is 0 Å². The number of methoxy groups -OCH3 is 1. The highest BCUT2D eigenvalue weighted by molar-refractivity contribution is 14.0. The second-order valence-corrected chi connectivity index (χ2v) is 7.22. The Labute approximate surface area is 197 Å². The third-order valence-corrected chi connectivity index (χ3v) is 4.92. The second-order valence-electron chi connectivity index (χ2n) is 7.22. The Kier molecular flexibility index (Phi) is 13.6. The highest BCUT2D eigenvalue weighted by Crippen LogP contribution is 2.16. The molecule has 1 N–H and O–H groups in total. The van der Waals surface area contributed by atoms with E-state index in [9.17, 15) is 4.79 Å². The van der Waals surface area contributed by atoms with Gasteiger partial charge in [-0.2, -0.15) is 0 Å². The van der Waals surface area contributed by atoms with Gasteiger partial charge < -0.3 is 24.6 Å². The smallest absolute Gasteiger partial charge is 0.244 e. The Morgan fingerprint density at radius 3 is 2.93 bits per heavy atom. The number of nitrogens with zero attached hydrogens (tertiary/aromatic N) is 4. The minimum absolute atomic E-state index is 0. The average Bonchev–Trinajstić information content (AvgIpc) is 3.21. The third-order valence-electron chi connectivity index (χ3n) is 4.92. The molecule has 1 aromatic heterocycles. The molecule has 170 valence electrons. The van der Waals surface area contributed by atoms with Gasteiger partial charge in [0.25, 0.3) is 0 Å². The maximum absolute atomic E-state index is 12.5. The van der Waals surface area contributed by atoms with Gasteiger partial charge in [-0.15, -0.1) is 24.0 Å². The van der Waals surface area contributed by atoms with Crippen molar-refractivity contribution in [1.82, 2.24) is 20.1 Å². The topological polar surface area (TPSA) is 79.3 Å². The van der Waals surface area contributed by atoms with Crippen LogP contribution in [0.25, 0.3) is 0 Å². The lowest BCUT2D eigenvalue weighted by molar-refractivity contribution is -0.128. The van der Waals surface area contributed by atoms with E-state index in [1.165, 1.54) is 0 Å². The molecule has 1 aliphatic heterocycles. The summed E-state index contributed by atoms with van der Waals surface area (Å²) in [7, 11) is 3.49. The van der Waals surface area contributed by atoms with E-state index in [2.05, 4.69) is 20.2 Å². The Morgan fingerprint density at radius 2 is 2.23 bits per heavy atom. The third kappa shape index (κ3) is 9.57. The number of guanidine groups is 1. The largest absolute Gasteiger partial charge is 0.382 e. The van der Waals surface area contributed by atoms with Crippen molar-refractivity contribution in [2.24, 2.45) is 10.9 Å². The first-order chi connectivity index (χ1) is 14.1. The molecular formula is C21H36IN5O3. The number of hydrogen-bond donors (Lipinski definition) is 1. The van der Waals surface area contributed by atoms with Crippen LogP contribution in [0.5, 0.6) is 0 Å². The normalized spacial score (nSPS) is 16.3. The van der Waals surface area contributed by atoms with Crippen molar-refractivity contribution in [1.29, 1.82) is 0 Å². The molecule has 1 atom stereocenters. The van der Waals surface area contributed by atoms with Crippen molar-refractivity contribution in [3.8, 4) is 0 Å². The standard InChI is InChI=1S/C21H35N5O3.HI/c1-4-22-21(26-12-8-18(16-26)17-29-14-13-28-3)24-15-20(27)25(2)11-9-19-7-5-6-10-23-19;/h5-7,10,18H,4,8-9,11-17H2,1-3H3,(H,22,24);1H. The monoisotopic (exact) mass is 533 g/mol. The molecule has 1 amide bonds. The number of nitrogens with one attached hydrogen (secondary N) is 1. The van der Waals surface area contributed by atoms with Crippen molar-refractivity contribution in [3.63, 3.8) is 0 Å². The molecule has 0 radical (unpaired) electrons. The minimum atomic E-state index is 0. The Balaban J connectivity index is 0.00000450. The zero-order chi connectivity index (χ0) is 20.9. The number of aliphatic imine (C=N–C) groups is 1. The number of hydrogen-bond acceptors (Lipinski definition) is 5. The quantitative estimate of drug-likeness (QED) is 0.202. The first-order valence-corrected chi connectivity index (χ1v) is 10.4. The summed E-state index contributed by atoms with van der Waals surface area (Å²) in [6, 6.07) is 5.83. The number of pyridine rings is 1. The SMILES string of the molecule is CCNC(=NCC(=O)N(C)CCc1ccccn1)N1CCC(COCCOC)C1.I. The van der Waals surface area contributed by atoms with E-state index in [4.69, 9.17) is 9.47 Å². The van der Waals surface area contributed by atoms with E-state index in [-0.39, 0.29) is 36.4 Å². The summed E-state index contributed by atoms with van der Waals surface area (Å²) in [5.41, 5.74) is 0.986. The molecule has 0 aromatic carbocycles. The van der Waals surface area contributed by atoms with Crippen LogP contribution < -0.4 is 5.32 Å². The molecule has 1 unspecified atom stereocenters. The number of carbonyl (C=O) groups excluding carboxylic acids is 1. The van der Waals surface area contributed by atoms with Gasteiger partial charge >= 0.3 is 0 Å². The van der Waals surface area contributed by atoms with Crippen LogP contribution in [-0.2, 0) is 20.7 Å². The molecule has 0 aliphatic carbocycles. The van der Waals surface area contributed by atoms with Crippen LogP contribution in [0.3, 0.4) is 0 Å². The van der Waals surface area contributed by atoms with E-state index in [1.54, 1.807) is 18.2 Å². The molecule has 2 heterocycles. The zero-order valence-electron chi connectivity index (χ0n) is 18.4. The Bertz CT molecular complexity index is 632. The maximum Gasteiger partial charge on any atom is 0.244 e. The second kappa shape index (κ2) is 15.4. The molecule has 1 saturated heterocycles. The predicted molar refractivity (Wildman–Crippen MR) is 129 cm³/mol. The molecule has 1 fully saturated rings. The van der Waals surface area contributed by atoms with Crippen LogP contribution >= 0.6 is 24.0 Å². The summed E-state index contributed by atoms with van der Waals surface area (Å²) in [5, 5.41) is 3.31. The first-order valence-electron chi connectivity index (χ1n) is 10.4. The number of carbonyl (C=O) groups is 1. The van der Waals surface area contributed by atoms with E-state index >= 15 is 0 Å². The molecule has 2 rings (SSSR count). The number of rotatable bonds is 11. The molecule has 0 bridgehead atoms. The van der Waals surface area contributed by atoms with Crippen molar-refractivity contribution in [3.05, 3.63) is 30.1 Å². The lowest BCUT2D eigenvalue weighted by atomic mass is 10.1. The van der Waals surface area contributed by atoms with Gasteiger partial charge in [0, 0.05) is 64.6 Å². The fourth-order valence-corrected chi connectivity index (χ4v) is 3.20. The van der Waals surface area contributed by atoms with Crippen molar-refractivity contribution < 1.29 is 14.3 Å². The van der Waals surface area contributed by atoms with Crippen LogP contribution in [0.1, 0.15) is 19.0 Å². The van der Waals surface area contributed by atoms with Crippen LogP contribution in [-0.4, -0.2) is 93.4 Å². The molecular weight excluding hydrogens is 497 g/mol. The summed E-state index contributed by atoms with van der Waals surface area (Å²) in [5.74, 6) is 1.29. The lowest BCUT2D eigenvalue weighted by Crippen LogP contribution is -2.41. The number of ether oxygens (including phenoxy) is 2. The molecule has 8 nitrogen and oxygen atoms in total. The average molecular weight is 533 g/mol. The minimum Gasteiger partial charge on any atom is -0.382 e. The van der Waals surface area contributed by atoms with Crippen LogP contribution in [0, 0.1) is 5.92 Å². The van der Waals surface area contributed by atoms with E-state index in [1.807, 2.05) is 32.2 Å². The van der Waals surface area contributed by atoms with Gasteiger partial charge in [-0.3, -0.25) is 9.78 Å². The van der Waals surface area contributed by atoms with E-state index in [0.717, 1.165) is 50.7 Å². The molecule has 30 heavy (non-hydrogen) atoms. The molecule has 9 heteroatoms. The molecule has 0 saturated carbocycles. The van der Waals surface area contributed by atoms with Gasteiger partial charge in [0.05, 0.1) is 19.8 Å².